The summed E-state index contributed by atoms with van der Waals surface area (Å²) in [6.45, 7) is 3.43. The molecule has 1 atom stereocenters. The lowest BCUT2D eigenvalue weighted by Crippen LogP contribution is -2.42. The van der Waals surface area contributed by atoms with Crippen molar-refractivity contribution in [3.63, 3.8) is 0 Å². The average Bonchev–Trinajstić information content (AvgIpc) is 3.21. The molecule has 1 aromatic rings. The van der Waals surface area contributed by atoms with Crippen molar-refractivity contribution in [3.8, 4) is 0 Å². The van der Waals surface area contributed by atoms with Crippen LogP contribution in [-0.2, 0) is 21.4 Å². The molecule has 0 amide bonds. The second-order valence-corrected chi connectivity index (χ2v) is 7.49. The molecule has 1 unspecified atom stereocenters. The maximum atomic E-state index is 12.4. The molecule has 0 aromatic heterocycles. The number of carboxylic acids is 1. The highest BCUT2D eigenvalue weighted by Gasteiger charge is 2.42. The number of carboxylic acid groups (broad SMARTS) is 1. The molecule has 0 radical (unpaired) electrons. The highest BCUT2D eigenvalue weighted by Crippen LogP contribution is 2.32. The van der Waals surface area contributed by atoms with Crippen molar-refractivity contribution in [2.45, 2.75) is 44.5 Å². The van der Waals surface area contributed by atoms with Crippen LogP contribution in [0.5, 0.6) is 0 Å². The lowest BCUT2D eigenvalue weighted by atomic mass is 10.1. The molecule has 0 heterocycles. The van der Waals surface area contributed by atoms with Crippen molar-refractivity contribution in [1.82, 2.24) is 4.31 Å². The molecule has 1 aliphatic rings. The minimum absolute atomic E-state index is 0.0527. The summed E-state index contributed by atoms with van der Waals surface area (Å²) in [5.74, 6) is -1.31. The molecule has 20 heavy (non-hydrogen) atoms. The number of nitrogens with zero attached hydrogens (tertiary/aromatic N) is 1. The minimum Gasteiger partial charge on any atom is -0.480 e. The molecule has 1 aromatic carbocycles. The normalized spacial score (nSPS) is 17.1. The van der Waals surface area contributed by atoms with E-state index in [1.807, 2.05) is 31.2 Å². The topological polar surface area (TPSA) is 74.7 Å². The van der Waals surface area contributed by atoms with Crippen molar-refractivity contribution >= 4 is 16.0 Å². The Hall–Kier alpha value is -1.40. The molecular weight excluding hydrogens is 278 g/mol. The fourth-order valence-electron chi connectivity index (χ4n) is 1.99. The van der Waals surface area contributed by atoms with Crippen molar-refractivity contribution in [2.24, 2.45) is 0 Å². The minimum atomic E-state index is -3.81. The van der Waals surface area contributed by atoms with Gasteiger partial charge in [0.25, 0.3) is 0 Å². The summed E-state index contributed by atoms with van der Waals surface area (Å²) in [4.78, 5) is 11.0. The van der Waals surface area contributed by atoms with Crippen LogP contribution in [0.15, 0.2) is 24.3 Å². The summed E-state index contributed by atoms with van der Waals surface area (Å²) in [5, 5.41) is 7.56. The summed E-state index contributed by atoms with van der Waals surface area (Å²) < 4.78 is 26.1. The van der Waals surface area contributed by atoms with Crippen LogP contribution in [0.1, 0.15) is 30.9 Å². The van der Waals surface area contributed by atoms with Crippen LogP contribution in [0.2, 0.25) is 0 Å². The van der Waals surface area contributed by atoms with Crippen LogP contribution in [0, 0.1) is 6.92 Å². The van der Waals surface area contributed by atoms with Crippen molar-refractivity contribution in [3.05, 3.63) is 35.4 Å². The molecule has 0 saturated heterocycles. The molecule has 110 valence electrons. The van der Waals surface area contributed by atoms with Gasteiger partial charge in [-0.3, -0.25) is 4.79 Å². The number of carbonyl (C=O) groups is 1. The van der Waals surface area contributed by atoms with E-state index in [9.17, 15) is 13.2 Å². The van der Waals surface area contributed by atoms with Gasteiger partial charge in [-0.25, -0.2) is 8.42 Å². The fraction of sp³-hybridized carbons (Fsp3) is 0.500. The molecule has 0 aliphatic heterocycles. The van der Waals surface area contributed by atoms with Gasteiger partial charge in [-0.05, 0) is 32.3 Å². The molecule has 2 rings (SSSR count). The quantitative estimate of drug-likeness (QED) is 0.868. The Balaban J connectivity index is 2.23. The van der Waals surface area contributed by atoms with E-state index in [1.165, 1.54) is 11.2 Å². The lowest BCUT2D eigenvalue weighted by molar-refractivity contribution is -0.136. The molecule has 1 saturated carbocycles. The first-order valence-electron chi connectivity index (χ1n) is 6.61. The number of hydrogen-bond acceptors (Lipinski definition) is 3. The third kappa shape index (κ3) is 3.19. The van der Waals surface area contributed by atoms with Crippen molar-refractivity contribution < 1.29 is 18.3 Å². The third-order valence-electron chi connectivity index (χ3n) is 3.53. The zero-order valence-electron chi connectivity index (χ0n) is 11.6. The van der Waals surface area contributed by atoms with E-state index in [0.29, 0.717) is 0 Å². The van der Waals surface area contributed by atoms with Gasteiger partial charge >= 0.3 is 5.97 Å². The van der Waals surface area contributed by atoms with E-state index < -0.39 is 21.2 Å². The number of benzene rings is 1. The predicted molar refractivity (Wildman–Crippen MR) is 75.8 cm³/mol. The van der Waals surface area contributed by atoms with E-state index in [4.69, 9.17) is 5.11 Å². The van der Waals surface area contributed by atoms with Crippen LogP contribution in [0.4, 0.5) is 0 Å². The lowest BCUT2D eigenvalue weighted by Gasteiger charge is -2.24. The largest absolute Gasteiger partial charge is 0.480 e. The van der Waals surface area contributed by atoms with E-state index in [0.717, 1.165) is 24.0 Å². The second kappa shape index (κ2) is 5.54. The Morgan fingerprint density at radius 1 is 1.35 bits per heavy atom. The van der Waals surface area contributed by atoms with Crippen LogP contribution >= 0.6 is 0 Å². The first-order valence-corrected chi connectivity index (χ1v) is 8.11. The summed E-state index contributed by atoms with van der Waals surface area (Å²) in [5.41, 5.74) is 1.98. The molecule has 1 fully saturated rings. The number of rotatable bonds is 6. The van der Waals surface area contributed by atoms with Gasteiger partial charge in [0.15, 0.2) is 5.25 Å². The van der Waals surface area contributed by atoms with Gasteiger partial charge < -0.3 is 5.11 Å². The molecule has 1 N–H and O–H groups in total. The molecule has 5 nitrogen and oxygen atoms in total. The molecule has 6 heteroatoms. The predicted octanol–water partition coefficient (Wildman–Crippen LogP) is 1.76. The standard InChI is InChI=1S/C14H19NO4S/c1-10-3-5-12(6-4-10)9-15(13-7-8-13)20(18,19)11(2)14(16)17/h3-6,11,13H,7-9H2,1-2H3,(H,16,17). The first kappa shape index (κ1) is 15.0. The Labute approximate surface area is 119 Å². The number of hydrogen-bond donors (Lipinski definition) is 1. The van der Waals surface area contributed by atoms with E-state index in [-0.39, 0.29) is 12.6 Å². The Bertz CT molecular complexity index is 590. The van der Waals surface area contributed by atoms with Gasteiger partial charge in [0, 0.05) is 12.6 Å². The van der Waals surface area contributed by atoms with E-state index in [1.54, 1.807) is 0 Å². The summed E-state index contributed by atoms with van der Waals surface area (Å²) in [6, 6.07) is 7.56. The van der Waals surface area contributed by atoms with Gasteiger partial charge in [-0.2, -0.15) is 4.31 Å². The molecule has 0 bridgehead atoms. The zero-order chi connectivity index (χ0) is 14.9. The highest BCUT2D eigenvalue weighted by atomic mass is 32.2. The Kier molecular flexibility index (Phi) is 4.15. The Morgan fingerprint density at radius 2 is 1.90 bits per heavy atom. The molecule has 1 aliphatic carbocycles. The van der Waals surface area contributed by atoms with E-state index >= 15 is 0 Å². The molecule has 0 spiro atoms. The van der Waals surface area contributed by atoms with Gasteiger partial charge in [0.05, 0.1) is 0 Å². The summed E-state index contributed by atoms with van der Waals surface area (Å²) >= 11 is 0. The van der Waals surface area contributed by atoms with Gasteiger partial charge in [0.2, 0.25) is 10.0 Å². The smallest absolute Gasteiger partial charge is 0.323 e. The monoisotopic (exact) mass is 297 g/mol. The van der Waals surface area contributed by atoms with Crippen LogP contribution in [-0.4, -0.2) is 35.1 Å². The first-order chi connectivity index (χ1) is 9.32. The number of sulfonamides is 1. The zero-order valence-corrected chi connectivity index (χ0v) is 12.4. The van der Waals surface area contributed by atoms with Crippen molar-refractivity contribution in [2.75, 3.05) is 0 Å². The van der Waals surface area contributed by atoms with Crippen LogP contribution in [0.25, 0.3) is 0 Å². The average molecular weight is 297 g/mol. The second-order valence-electron chi connectivity index (χ2n) is 5.29. The van der Waals surface area contributed by atoms with Gasteiger partial charge in [-0.15, -0.1) is 0 Å². The SMILES string of the molecule is Cc1ccc(CN(C2CC2)S(=O)(=O)C(C)C(=O)O)cc1. The third-order valence-corrected chi connectivity index (χ3v) is 5.71. The summed E-state index contributed by atoms with van der Waals surface area (Å²) in [7, 11) is -3.81. The van der Waals surface area contributed by atoms with Crippen LogP contribution in [0.3, 0.4) is 0 Å². The Morgan fingerprint density at radius 3 is 2.35 bits per heavy atom. The maximum Gasteiger partial charge on any atom is 0.323 e. The highest BCUT2D eigenvalue weighted by molar-refractivity contribution is 7.90. The van der Waals surface area contributed by atoms with E-state index in [2.05, 4.69) is 0 Å². The maximum absolute atomic E-state index is 12.4. The molecular formula is C14H19NO4S. The summed E-state index contributed by atoms with van der Waals surface area (Å²) in [6.07, 6.45) is 1.61. The van der Waals surface area contributed by atoms with Gasteiger partial charge in [-0.1, -0.05) is 29.8 Å². The van der Waals surface area contributed by atoms with Crippen molar-refractivity contribution in [1.29, 1.82) is 0 Å². The van der Waals surface area contributed by atoms with Crippen LogP contribution < -0.4 is 0 Å². The van der Waals surface area contributed by atoms with Gasteiger partial charge in [0.1, 0.15) is 0 Å². The fourth-order valence-corrected chi connectivity index (χ4v) is 3.61. The number of aliphatic carboxylic acids is 1. The number of aryl methyl sites for hydroxylation is 1.